The first-order valence-electron chi connectivity index (χ1n) is 10.0. The quantitative estimate of drug-likeness (QED) is 0.130. The van der Waals surface area contributed by atoms with E-state index in [0.29, 0.717) is 12.0 Å². The summed E-state index contributed by atoms with van der Waals surface area (Å²) in [6.07, 6.45) is 5.21. The predicted molar refractivity (Wildman–Crippen MR) is 128 cm³/mol. The Labute approximate surface area is 191 Å². The number of esters is 1. The van der Waals surface area contributed by atoms with Gasteiger partial charge in [0, 0.05) is 38.7 Å². The van der Waals surface area contributed by atoms with E-state index in [2.05, 4.69) is 25.7 Å². The summed E-state index contributed by atoms with van der Waals surface area (Å²) in [6.45, 7) is 4.33. The molecule has 0 saturated heterocycles. The van der Waals surface area contributed by atoms with Crippen LogP contribution in [0.4, 0.5) is 0 Å². The first-order chi connectivity index (χ1) is 13.6. The molecule has 7 nitrogen and oxygen atoms in total. The minimum Gasteiger partial charge on any atom is -0.469 e. The number of amides is 1. The van der Waals surface area contributed by atoms with Crippen LogP contribution in [0.1, 0.15) is 54.9 Å². The Morgan fingerprint density at radius 3 is 2.55 bits per heavy atom. The number of methoxy groups -OCH3 is 1. The number of ether oxygens (including phenoxy) is 1. The molecule has 0 spiro atoms. The molecule has 0 aromatic heterocycles. The van der Waals surface area contributed by atoms with Crippen LogP contribution in [0.2, 0.25) is 0 Å². The average Bonchev–Trinajstić information content (AvgIpc) is 2.72. The Kier molecular flexibility index (Phi) is 16.0. The number of hydrogen-bond donors (Lipinski definition) is 3. The van der Waals surface area contributed by atoms with Gasteiger partial charge in [-0.05, 0) is 43.9 Å². The largest absolute Gasteiger partial charge is 0.469 e. The molecule has 1 amide bonds. The van der Waals surface area contributed by atoms with Gasteiger partial charge in [0.25, 0.3) is 5.91 Å². The summed E-state index contributed by atoms with van der Waals surface area (Å²) in [5.41, 5.74) is 1.78. The molecule has 8 heteroatoms. The fourth-order valence-corrected chi connectivity index (χ4v) is 2.71. The molecular weight excluding hydrogens is 483 g/mol. The standard InChI is InChI=1S/C21H34N4O3.HI/c1-4-23-21(24-14-8-6-5-7-12-19(26)28-3)25-15-13-17-10-9-11-18(16-17)20(27)22-2;/h9-11,16H,4-8,12-15H2,1-3H3,(H,22,27)(H2,23,24,25);1H. The summed E-state index contributed by atoms with van der Waals surface area (Å²) < 4.78 is 4.63. The van der Waals surface area contributed by atoms with Crippen LogP contribution in [-0.2, 0) is 16.0 Å². The molecule has 0 atom stereocenters. The van der Waals surface area contributed by atoms with E-state index >= 15 is 0 Å². The van der Waals surface area contributed by atoms with E-state index in [1.54, 1.807) is 7.05 Å². The molecule has 164 valence electrons. The number of carbonyl (C=O) groups is 2. The van der Waals surface area contributed by atoms with E-state index < -0.39 is 0 Å². The zero-order chi connectivity index (χ0) is 20.6. The number of nitrogens with zero attached hydrogens (tertiary/aromatic N) is 1. The molecule has 0 saturated carbocycles. The van der Waals surface area contributed by atoms with Gasteiger partial charge in [0.2, 0.25) is 0 Å². The van der Waals surface area contributed by atoms with Gasteiger partial charge in [-0.1, -0.05) is 25.0 Å². The zero-order valence-electron chi connectivity index (χ0n) is 17.8. The molecule has 3 N–H and O–H groups in total. The lowest BCUT2D eigenvalue weighted by molar-refractivity contribution is -0.140. The molecule has 0 radical (unpaired) electrons. The molecule has 1 aromatic carbocycles. The summed E-state index contributed by atoms with van der Waals surface area (Å²) in [7, 11) is 3.06. The number of unbranched alkanes of at least 4 members (excludes halogenated alkanes) is 3. The molecule has 1 aromatic rings. The monoisotopic (exact) mass is 518 g/mol. The lowest BCUT2D eigenvalue weighted by Gasteiger charge is -2.11. The van der Waals surface area contributed by atoms with Crippen molar-refractivity contribution in [2.75, 3.05) is 33.8 Å². The summed E-state index contributed by atoms with van der Waals surface area (Å²) in [4.78, 5) is 27.4. The van der Waals surface area contributed by atoms with Crippen molar-refractivity contribution in [2.45, 2.75) is 45.4 Å². The highest BCUT2D eigenvalue weighted by molar-refractivity contribution is 14.0. The van der Waals surface area contributed by atoms with Crippen LogP contribution < -0.4 is 16.0 Å². The fraction of sp³-hybridized carbons (Fsp3) is 0.571. The van der Waals surface area contributed by atoms with Crippen molar-refractivity contribution in [3.8, 4) is 0 Å². The number of benzene rings is 1. The Bertz CT molecular complexity index is 638. The third-order valence-corrected chi connectivity index (χ3v) is 4.25. The topological polar surface area (TPSA) is 91.8 Å². The minimum atomic E-state index is -0.141. The second kappa shape index (κ2) is 17.1. The van der Waals surface area contributed by atoms with Crippen LogP contribution >= 0.6 is 24.0 Å². The second-order valence-electron chi connectivity index (χ2n) is 6.46. The van der Waals surface area contributed by atoms with Crippen molar-refractivity contribution >= 4 is 41.8 Å². The first-order valence-corrected chi connectivity index (χ1v) is 10.0. The third kappa shape index (κ3) is 12.4. The second-order valence-corrected chi connectivity index (χ2v) is 6.46. The Balaban J connectivity index is 0.00000784. The van der Waals surface area contributed by atoms with Gasteiger partial charge in [-0.25, -0.2) is 0 Å². The molecule has 0 bridgehead atoms. The van der Waals surface area contributed by atoms with Crippen molar-refractivity contribution in [1.82, 2.24) is 16.0 Å². The van der Waals surface area contributed by atoms with Gasteiger partial charge in [-0.15, -0.1) is 24.0 Å². The maximum absolute atomic E-state index is 11.7. The summed E-state index contributed by atoms with van der Waals surface area (Å²) in [5, 5.41) is 9.22. The van der Waals surface area contributed by atoms with Crippen LogP contribution in [0.5, 0.6) is 0 Å². The summed E-state index contributed by atoms with van der Waals surface area (Å²) >= 11 is 0. The van der Waals surface area contributed by atoms with Crippen molar-refractivity contribution in [3.63, 3.8) is 0 Å². The van der Waals surface area contributed by atoms with Crippen LogP contribution in [-0.4, -0.2) is 51.6 Å². The lowest BCUT2D eigenvalue weighted by Crippen LogP contribution is -2.38. The molecule has 0 heterocycles. The van der Waals surface area contributed by atoms with Crippen molar-refractivity contribution < 1.29 is 14.3 Å². The van der Waals surface area contributed by atoms with E-state index in [1.807, 2.05) is 31.2 Å². The van der Waals surface area contributed by atoms with Crippen molar-refractivity contribution in [2.24, 2.45) is 4.99 Å². The average molecular weight is 518 g/mol. The molecule has 0 aliphatic heterocycles. The van der Waals surface area contributed by atoms with Gasteiger partial charge < -0.3 is 20.7 Å². The number of aliphatic imine (C=N–C) groups is 1. The third-order valence-electron chi connectivity index (χ3n) is 4.25. The minimum absolute atomic E-state index is 0. The fourth-order valence-electron chi connectivity index (χ4n) is 2.71. The van der Waals surface area contributed by atoms with E-state index in [4.69, 9.17) is 0 Å². The highest BCUT2D eigenvalue weighted by Gasteiger charge is 2.04. The van der Waals surface area contributed by atoms with Crippen LogP contribution in [0.3, 0.4) is 0 Å². The van der Waals surface area contributed by atoms with Crippen LogP contribution in [0, 0.1) is 0 Å². The Morgan fingerprint density at radius 2 is 1.86 bits per heavy atom. The van der Waals surface area contributed by atoms with E-state index in [-0.39, 0.29) is 35.9 Å². The van der Waals surface area contributed by atoms with E-state index in [9.17, 15) is 9.59 Å². The number of guanidine groups is 1. The van der Waals surface area contributed by atoms with Crippen molar-refractivity contribution in [1.29, 1.82) is 0 Å². The summed E-state index contributed by atoms with van der Waals surface area (Å²) in [6, 6.07) is 7.65. The maximum atomic E-state index is 11.7. The van der Waals surface area contributed by atoms with Gasteiger partial charge >= 0.3 is 5.97 Å². The molecule has 0 fully saturated rings. The van der Waals surface area contributed by atoms with E-state index in [1.165, 1.54) is 7.11 Å². The van der Waals surface area contributed by atoms with Gasteiger partial charge in [0.15, 0.2) is 5.96 Å². The maximum Gasteiger partial charge on any atom is 0.305 e. The van der Waals surface area contributed by atoms with Gasteiger partial charge in [-0.3, -0.25) is 14.6 Å². The molecule has 1 rings (SSSR count). The Morgan fingerprint density at radius 1 is 1.10 bits per heavy atom. The predicted octanol–water partition coefficient (Wildman–Crippen LogP) is 2.89. The van der Waals surface area contributed by atoms with E-state index in [0.717, 1.165) is 63.3 Å². The number of carbonyl (C=O) groups excluding carboxylic acids is 2. The zero-order valence-corrected chi connectivity index (χ0v) is 20.1. The Hall–Kier alpha value is -1.84. The highest BCUT2D eigenvalue weighted by Crippen LogP contribution is 2.06. The molecule has 0 aliphatic rings. The molecule has 0 unspecified atom stereocenters. The summed E-state index contributed by atoms with van der Waals surface area (Å²) in [5.74, 6) is 0.591. The van der Waals surface area contributed by atoms with Crippen molar-refractivity contribution in [3.05, 3.63) is 35.4 Å². The SMILES string of the molecule is CCNC(=NCCCCCCC(=O)OC)NCCc1cccc(C(=O)NC)c1.I. The number of halogens is 1. The lowest BCUT2D eigenvalue weighted by atomic mass is 10.1. The van der Waals surface area contributed by atoms with Crippen LogP contribution in [0.25, 0.3) is 0 Å². The normalized spacial score (nSPS) is 10.7. The smallest absolute Gasteiger partial charge is 0.305 e. The highest BCUT2D eigenvalue weighted by atomic mass is 127. The van der Waals surface area contributed by atoms with Gasteiger partial charge in [0.05, 0.1) is 7.11 Å². The number of rotatable bonds is 12. The molecule has 29 heavy (non-hydrogen) atoms. The van der Waals surface area contributed by atoms with Crippen LogP contribution in [0.15, 0.2) is 29.3 Å². The van der Waals surface area contributed by atoms with Gasteiger partial charge in [-0.2, -0.15) is 0 Å². The molecular formula is C21H35IN4O3. The van der Waals surface area contributed by atoms with Gasteiger partial charge in [0.1, 0.15) is 0 Å². The molecule has 0 aliphatic carbocycles. The first kappa shape index (κ1) is 27.2. The number of nitrogens with one attached hydrogen (secondary N) is 3. The number of hydrogen-bond acceptors (Lipinski definition) is 4.